The average Bonchev–Trinajstić information content (AvgIpc) is 2.60. The first-order valence-electron chi connectivity index (χ1n) is 7.80. The van der Waals surface area contributed by atoms with Crippen LogP contribution in [-0.4, -0.2) is 24.7 Å². The number of hydrogen-bond donors (Lipinski definition) is 2. The summed E-state index contributed by atoms with van der Waals surface area (Å²) >= 11 is 17.0. The molecule has 0 saturated heterocycles. The highest BCUT2D eigenvalue weighted by molar-refractivity contribution is 7.80. The molecule has 0 heterocycles. The fraction of sp³-hybridized carbons (Fsp3) is 0.222. The molecule has 26 heavy (non-hydrogen) atoms. The fourth-order valence-corrected chi connectivity index (χ4v) is 2.73. The lowest BCUT2D eigenvalue weighted by Gasteiger charge is -2.11. The van der Waals surface area contributed by atoms with E-state index in [4.69, 9.17) is 44.9 Å². The van der Waals surface area contributed by atoms with Crippen LogP contribution in [0.2, 0.25) is 10.0 Å². The van der Waals surface area contributed by atoms with Gasteiger partial charge in [-0.2, -0.15) is 0 Å². The number of benzene rings is 2. The summed E-state index contributed by atoms with van der Waals surface area (Å²) in [6, 6.07) is 12.2. The quantitative estimate of drug-likeness (QED) is 0.510. The Labute approximate surface area is 167 Å². The van der Waals surface area contributed by atoms with Crippen LogP contribution in [0.15, 0.2) is 42.5 Å². The molecule has 0 aliphatic rings. The van der Waals surface area contributed by atoms with Gasteiger partial charge in [0.2, 0.25) is 5.91 Å². The molecule has 2 aromatic carbocycles. The van der Waals surface area contributed by atoms with Crippen molar-refractivity contribution in [2.75, 3.05) is 19.0 Å². The van der Waals surface area contributed by atoms with Crippen LogP contribution >= 0.6 is 35.4 Å². The van der Waals surface area contributed by atoms with Crippen LogP contribution in [-0.2, 0) is 4.79 Å². The topological polar surface area (TPSA) is 59.6 Å². The lowest BCUT2D eigenvalue weighted by molar-refractivity contribution is -0.119. The summed E-state index contributed by atoms with van der Waals surface area (Å²) in [6.07, 6.45) is 0.797. The number of ether oxygens (including phenoxy) is 2. The number of amides is 1. The van der Waals surface area contributed by atoms with E-state index in [0.29, 0.717) is 28.8 Å². The van der Waals surface area contributed by atoms with Crippen LogP contribution < -0.4 is 20.1 Å². The van der Waals surface area contributed by atoms with Gasteiger partial charge in [0.05, 0.1) is 18.7 Å². The van der Waals surface area contributed by atoms with Crippen LogP contribution in [0.1, 0.15) is 12.8 Å². The molecule has 0 spiro atoms. The van der Waals surface area contributed by atoms with E-state index in [2.05, 4.69) is 10.6 Å². The van der Waals surface area contributed by atoms with Gasteiger partial charge in [-0.3, -0.25) is 4.79 Å². The van der Waals surface area contributed by atoms with Crippen molar-refractivity contribution >= 4 is 52.1 Å². The van der Waals surface area contributed by atoms with E-state index in [-0.39, 0.29) is 17.4 Å². The molecule has 0 unspecified atom stereocenters. The molecule has 0 fully saturated rings. The Morgan fingerprint density at radius 1 is 1.15 bits per heavy atom. The zero-order valence-corrected chi connectivity index (χ0v) is 16.4. The van der Waals surface area contributed by atoms with Crippen molar-refractivity contribution in [1.82, 2.24) is 5.32 Å². The van der Waals surface area contributed by atoms with E-state index in [0.717, 1.165) is 11.4 Å². The van der Waals surface area contributed by atoms with E-state index in [1.165, 1.54) is 0 Å². The van der Waals surface area contributed by atoms with Crippen LogP contribution in [0.5, 0.6) is 11.5 Å². The SMILES string of the molecule is COc1ccc(NC(=S)NC(=O)CCCOc2ccc(Cl)cc2Cl)cc1. The van der Waals surface area contributed by atoms with Gasteiger partial charge in [0.15, 0.2) is 5.11 Å². The molecule has 138 valence electrons. The maximum absolute atomic E-state index is 11.9. The molecule has 0 saturated carbocycles. The number of thiocarbonyl (C=S) groups is 1. The predicted molar refractivity (Wildman–Crippen MR) is 109 cm³/mol. The Kier molecular flexibility index (Phi) is 7.97. The number of carbonyl (C=O) groups excluding carboxylic acids is 1. The molecular weight excluding hydrogens is 395 g/mol. The highest BCUT2D eigenvalue weighted by atomic mass is 35.5. The zero-order chi connectivity index (χ0) is 18.9. The molecule has 0 bridgehead atoms. The van der Waals surface area contributed by atoms with Crippen LogP contribution in [0.4, 0.5) is 5.69 Å². The summed E-state index contributed by atoms with van der Waals surface area (Å²) in [4.78, 5) is 11.9. The van der Waals surface area contributed by atoms with Gasteiger partial charge in [0.25, 0.3) is 0 Å². The Hall–Kier alpha value is -2.02. The third-order valence-corrected chi connectivity index (χ3v) is 4.04. The van der Waals surface area contributed by atoms with Crippen molar-refractivity contribution in [1.29, 1.82) is 0 Å². The molecule has 1 amide bonds. The highest BCUT2D eigenvalue weighted by Gasteiger charge is 2.07. The Bertz CT molecular complexity index is 770. The first-order valence-corrected chi connectivity index (χ1v) is 8.97. The molecule has 0 aromatic heterocycles. The van der Waals surface area contributed by atoms with Crippen molar-refractivity contribution in [3.05, 3.63) is 52.5 Å². The van der Waals surface area contributed by atoms with Gasteiger partial charge in [-0.05, 0) is 61.1 Å². The molecule has 2 rings (SSSR count). The molecule has 2 N–H and O–H groups in total. The zero-order valence-electron chi connectivity index (χ0n) is 14.1. The summed E-state index contributed by atoms with van der Waals surface area (Å²) in [5.41, 5.74) is 0.761. The third kappa shape index (κ3) is 6.71. The summed E-state index contributed by atoms with van der Waals surface area (Å²) in [6.45, 7) is 0.355. The smallest absolute Gasteiger partial charge is 0.226 e. The third-order valence-electron chi connectivity index (χ3n) is 3.30. The van der Waals surface area contributed by atoms with Gasteiger partial charge in [0, 0.05) is 17.1 Å². The van der Waals surface area contributed by atoms with E-state index in [9.17, 15) is 4.79 Å². The number of halogens is 2. The minimum Gasteiger partial charge on any atom is -0.497 e. The number of anilines is 1. The molecule has 0 radical (unpaired) electrons. The average molecular weight is 413 g/mol. The first-order chi connectivity index (χ1) is 12.5. The second-order valence-corrected chi connectivity index (χ2v) is 6.51. The standard InChI is InChI=1S/C18H18Cl2N2O3S/c1-24-14-7-5-13(6-8-14)21-18(26)22-17(23)3-2-10-25-16-9-4-12(19)11-15(16)20/h4-9,11H,2-3,10H2,1H3,(H2,21,22,23,26). The number of nitrogens with one attached hydrogen (secondary N) is 2. The van der Waals surface area contributed by atoms with Crippen LogP contribution in [0.3, 0.4) is 0 Å². The van der Waals surface area contributed by atoms with Gasteiger partial charge in [0.1, 0.15) is 11.5 Å². The van der Waals surface area contributed by atoms with Crippen molar-refractivity contribution in [3.63, 3.8) is 0 Å². The first kappa shape index (κ1) is 20.3. The second kappa shape index (κ2) is 10.2. The number of methoxy groups -OCH3 is 1. The number of carbonyl (C=O) groups is 1. The molecule has 2 aromatic rings. The highest BCUT2D eigenvalue weighted by Crippen LogP contribution is 2.27. The lowest BCUT2D eigenvalue weighted by Crippen LogP contribution is -2.34. The minimum absolute atomic E-state index is 0.193. The molecular formula is C18H18Cl2N2O3S. The monoisotopic (exact) mass is 412 g/mol. The van der Waals surface area contributed by atoms with Crippen molar-refractivity contribution in [2.45, 2.75) is 12.8 Å². The number of rotatable bonds is 7. The molecule has 5 nitrogen and oxygen atoms in total. The summed E-state index contributed by atoms with van der Waals surface area (Å²) in [7, 11) is 1.60. The molecule has 8 heteroatoms. The Balaban J connectivity index is 1.68. The Morgan fingerprint density at radius 3 is 2.54 bits per heavy atom. The normalized spacial score (nSPS) is 10.1. The van der Waals surface area contributed by atoms with Crippen molar-refractivity contribution in [2.24, 2.45) is 0 Å². The minimum atomic E-state index is -0.193. The van der Waals surface area contributed by atoms with E-state index in [1.807, 2.05) is 0 Å². The van der Waals surface area contributed by atoms with Gasteiger partial charge >= 0.3 is 0 Å². The largest absolute Gasteiger partial charge is 0.497 e. The van der Waals surface area contributed by atoms with Gasteiger partial charge in [-0.1, -0.05) is 23.2 Å². The van der Waals surface area contributed by atoms with Crippen LogP contribution in [0.25, 0.3) is 0 Å². The van der Waals surface area contributed by atoms with E-state index >= 15 is 0 Å². The fourth-order valence-electron chi connectivity index (χ4n) is 2.03. The predicted octanol–water partition coefficient (Wildman–Crippen LogP) is 4.67. The lowest BCUT2D eigenvalue weighted by atomic mass is 10.3. The summed E-state index contributed by atoms with van der Waals surface area (Å²) in [5.74, 6) is 1.08. The van der Waals surface area contributed by atoms with Gasteiger partial charge in [-0.25, -0.2) is 0 Å². The summed E-state index contributed by atoms with van der Waals surface area (Å²) in [5, 5.41) is 6.78. The van der Waals surface area contributed by atoms with Crippen molar-refractivity contribution < 1.29 is 14.3 Å². The van der Waals surface area contributed by atoms with Gasteiger partial charge < -0.3 is 20.1 Å². The van der Waals surface area contributed by atoms with Crippen molar-refractivity contribution in [3.8, 4) is 11.5 Å². The summed E-state index contributed by atoms with van der Waals surface area (Å²) < 4.78 is 10.6. The van der Waals surface area contributed by atoms with E-state index in [1.54, 1.807) is 49.6 Å². The molecule has 0 atom stereocenters. The molecule has 0 aliphatic heterocycles. The van der Waals surface area contributed by atoms with Gasteiger partial charge in [-0.15, -0.1) is 0 Å². The Morgan fingerprint density at radius 2 is 1.88 bits per heavy atom. The molecule has 0 aliphatic carbocycles. The second-order valence-electron chi connectivity index (χ2n) is 5.26. The maximum atomic E-state index is 11.9. The van der Waals surface area contributed by atoms with Crippen LogP contribution in [0, 0.1) is 0 Å². The number of hydrogen-bond acceptors (Lipinski definition) is 4. The maximum Gasteiger partial charge on any atom is 0.226 e. The van der Waals surface area contributed by atoms with E-state index < -0.39 is 0 Å².